The van der Waals surface area contributed by atoms with Crippen LogP contribution < -0.4 is 5.32 Å². The number of nitrogens with zero attached hydrogens (tertiary/aromatic N) is 3. The summed E-state index contributed by atoms with van der Waals surface area (Å²) in [6.45, 7) is 2.21. The van der Waals surface area contributed by atoms with Crippen LogP contribution in [0.3, 0.4) is 0 Å². The minimum Gasteiger partial charge on any atom is -0.369 e. The second-order valence-electron chi connectivity index (χ2n) is 5.29. The first-order valence-electron chi connectivity index (χ1n) is 7.55. The van der Waals surface area contributed by atoms with Gasteiger partial charge in [-0.1, -0.05) is 6.92 Å². The van der Waals surface area contributed by atoms with Crippen molar-refractivity contribution >= 4 is 21.3 Å². The summed E-state index contributed by atoms with van der Waals surface area (Å²) >= 11 is 0. The Hall–Kier alpha value is -2.48. The highest BCUT2D eigenvalue weighted by Gasteiger charge is 2.14. The molecular weight excluding hydrogens is 331 g/mol. The van der Waals surface area contributed by atoms with Crippen LogP contribution in [-0.2, 0) is 16.3 Å². The minimum absolute atomic E-state index is 0.106. The van der Waals surface area contributed by atoms with Gasteiger partial charge in [-0.15, -0.1) is 0 Å². The van der Waals surface area contributed by atoms with Crippen LogP contribution in [0.15, 0.2) is 47.5 Å². The first-order valence-corrected chi connectivity index (χ1v) is 9.20. The number of aryl methyl sites for hydroxylation is 1. The summed E-state index contributed by atoms with van der Waals surface area (Å²) in [5.41, 5.74) is 1.60. The highest BCUT2D eigenvalue weighted by molar-refractivity contribution is 7.91. The summed E-state index contributed by atoms with van der Waals surface area (Å²) in [7, 11) is -3.48. The molecule has 3 rings (SSSR count). The van der Waals surface area contributed by atoms with E-state index in [0.717, 1.165) is 24.2 Å². The summed E-state index contributed by atoms with van der Waals surface area (Å²) in [6, 6.07) is 8.48. The molecule has 1 aromatic carbocycles. The Kier molecular flexibility index (Phi) is 4.48. The van der Waals surface area contributed by atoms with Gasteiger partial charge in [-0.3, -0.25) is 0 Å². The SMILES string of the molecule is CCc1cc(NCCS(=O)(=O)c2ccc(F)cc2)n2nccc2n1. The van der Waals surface area contributed by atoms with Crippen molar-refractivity contribution in [2.24, 2.45) is 0 Å². The van der Waals surface area contributed by atoms with Crippen molar-refractivity contribution in [2.75, 3.05) is 17.6 Å². The van der Waals surface area contributed by atoms with Crippen LogP contribution in [0.4, 0.5) is 10.2 Å². The molecule has 0 saturated heterocycles. The molecule has 0 bridgehead atoms. The van der Waals surface area contributed by atoms with Crippen LogP contribution in [0.1, 0.15) is 12.6 Å². The van der Waals surface area contributed by atoms with Crippen LogP contribution in [0.2, 0.25) is 0 Å². The first-order chi connectivity index (χ1) is 11.5. The largest absolute Gasteiger partial charge is 0.369 e. The normalized spacial score (nSPS) is 11.8. The zero-order chi connectivity index (χ0) is 17.2. The van der Waals surface area contributed by atoms with Gasteiger partial charge in [-0.2, -0.15) is 9.61 Å². The Bertz CT molecular complexity index is 952. The lowest BCUT2D eigenvalue weighted by atomic mass is 10.3. The van der Waals surface area contributed by atoms with Crippen molar-refractivity contribution in [3.63, 3.8) is 0 Å². The lowest BCUT2D eigenvalue weighted by molar-refractivity contribution is 0.595. The highest BCUT2D eigenvalue weighted by atomic mass is 32.2. The molecule has 0 atom stereocenters. The maximum Gasteiger partial charge on any atom is 0.180 e. The van der Waals surface area contributed by atoms with Gasteiger partial charge in [-0.05, 0) is 30.7 Å². The van der Waals surface area contributed by atoms with Crippen molar-refractivity contribution in [3.8, 4) is 0 Å². The summed E-state index contributed by atoms with van der Waals surface area (Å²) in [6.07, 6.45) is 2.41. The van der Waals surface area contributed by atoms with E-state index >= 15 is 0 Å². The molecule has 0 amide bonds. The molecule has 0 unspecified atom stereocenters. The van der Waals surface area contributed by atoms with E-state index in [1.165, 1.54) is 12.1 Å². The molecule has 6 nitrogen and oxygen atoms in total. The van der Waals surface area contributed by atoms with Crippen LogP contribution in [0.5, 0.6) is 0 Å². The molecule has 24 heavy (non-hydrogen) atoms. The molecule has 0 aliphatic heterocycles. The Balaban J connectivity index is 1.74. The van der Waals surface area contributed by atoms with Crippen LogP contribution in [0.25, 0.3) is 5.65 Å². The number of anilines is 1. The maximum atomic E-state index is 12.9. The van der Waals surface area contributed by atoms with Gasteiger partial charge in [0, 0.05) is 24.4 Å². The van der Waals surface area contributed by atoms with Crippen molar-refractivity contribution in [3.05, 3.63) is 54.1 Å². The molecule has 2 aromatic heterocycles. The average molecular weight is 348 g/mol. The summed E-state index contributed by atoms with van der Waals surface area (Å²) in [5, 5.41) is 7.27. The zero-order valence-electron chi connectivity index (χ0n) is 13.1. The number of nitrogens with one attached hydrogen (secondary N) is 1. The van der Waals surface area contributed by atoms with Crippen molar-refractivity contribution in [1.29, 1.82) is 0 Å². The summed E-state index contributed by atoms with van der Waals surface area (Å²) in [4.78, 5) is 4.54. The van der Waals surface area contributed by atoms with Gasteiger partial charge in [0.1, 0.15) is 11.6 Å². The zero-order valence-corrected chi connectivity index (χ0v) is 13.9. The quantitative estimate of drug-likeness (QED) is 0.692. The highest BCUT2D eigenvalue weighted by Crippen LogP contribution is 2.14. The van der Waals surface area contributed by atoms with Gasteiger partial charge in [0.15, 0.2) is 15.5 Å². The Labute approximate surface area is 139 Å². The monoisotopic (exact) mass is 348 g/mol. The van der Waals surface area contributed by atoms with E-state index in [2.05, 4.69) is 15.4 Å². The third kappa shape index (κ3) is 3.38. The number of fused-ring (bicyclic) bond motifs is 1. The van der Waals surface area contributed by atoms with Gasteiger partial charge in [0.2, 0.25) is 0 Å². The number of aromatic nitrogens is 3. The van der Waals surface area contributed by atoms with E-state index in [0.29, 0.717) is 11.5 Å². The molecule has 0 aliphatic carbocycles. The Morgan fingerprint density at radius 1 is 1.21 bits per heavy atom. The second-order valence-corrected chi connectivity index (χ2v) is 7.40. The second kappa shape index (κ2) is 6.56. The van der Waals surface area contributed by atoms with Crippen LogP contribution >= 0.6 is 0 Å². The summed E-state index contributed by atoms with van der Waals surface area (Å²) in [5.74, 6) is 0.124. The fourth-order valence-corrected chi connectivity index (χ4v) is 3.50. The van der Waals surface area contributed by atoms with E-state index in [1.807, 2.05) is 13.0 Å². The number of hydrogen-bond donors (Lipinski definition) is 1. The third-order valence-electron chi connectivity index (χ3n) is 3.62. The minimum atomic E-state index is -3.48. The molecular formula is C16H17FN4O2S. The molecule has 0 aliphatic rings. The molecule has 8 heteroatoms. The standard InChI is InChI=1S/C16H17FN4O2S/c1-2-13-11-16(21-15(20-13)7-8-19-21)18-9-10-24(22,23)14-5-3-12(17)4-6-14/h3-8,11,18H,2,9-10H2,1H3. The number of sulfone groups is 1. The predicted molar refractivity (Wildman–Crippen MR) is 89.3 cm³/mol. The third-order valence-corrected chi connectivity index (χ3v) is 5.36. The summed E-state index contributed by atoms with van der Waals surface area (Å²) < 4.78 is 39.1. The van der Waals surface area contributed by atoms with Crippen molar-refractivity contribution in [1.82, 2.24) is 14.6 Å². The first kappa shape index (κ1) is 16.4. The van der Waals surface area contributed by atoms with Gasteiger partial charge in [0.05, 0.1) is 16.8 Å². The number of rotatable bonds is 6. The molecule has 0 radical (unpaired) electrons. The van der Waals surface area contributed by atoms with Crippen LogP contribution in [-0.4, -0.2) is 35.3 Å². The number of benzene rings is 1. The molecule has 1 N–H and O–H groups in total. The lowest BCUT2D eigenvalue weighted by Crippen LogP contribution is -2.17. The van der Waals surface area contributed by atoms with Gasteiger partial charge in [-0.25, -0.2) is 17.8 Å². The molecule has 0 saturated carbocycles. The van der Waals surface area contributed by atoms with E-state index in [-0.39, 0.29) is 17.2 Å². The number of halogens is 1. The van der Waals surface area contributed by atoms with Crippen LogP contribution in [0, 0.1) is 5.82 Å². The van der Waals surface area contributed by atoms with Crippen molar-refractivity contribution in [2.45, 2.75) is 18.2 Å². The Morgan fingerprint density at radius 2 is 1.96 bits per heavy atom. The van der Waals surface area contributed by atoms with Gasteiger partial charge >= 0.3 is 0 Å². The topological polar surface area (TPSA) is 76.4 Å². The van der Waals surface area contributed by atoms with E-state index in [1.54, 1.807) is 16.8 Å². The molecule has 126 valence electrons. The maximum absolute atomic E-state index is 12.9. The van der Waals surface area contributed by atoms with Crippen molar-refractivity contribution < 1.29 is 12.8 Å². The van der Waals surface area contributed by atoms with Gasteiger partial charge < -0.3 is 5.32 Å². The van der Waals surface area contributed by atoms with E-state index < -0.39 is 15.7 Å². The van der Waals surface area contributed by atoms with E-state index in [4.69, 9.17) is 0 Å². The van der Waals surface area contributed by atoms with E-state index in [9.17, 15) is 12.8 Å². The van der Waals surface area contributed by atoms with Gasteiger partial charge in [0.25, 0.3) is 0 Å². The predicted octanol–water partition coefficient (Wildman–Crippen LogP) is 2.32. The smallest absolute Gasteiger partial charge is 0.180 e. The molecule has 0 fully saturated rings. The fraction of sp³-hybridized carbons (Fsp3) is 0.250. The average Bonchev–Trinajstić information content (AvgIpc) is 3.03. The number of hydrogen-bond acceptors (Lipinski definition) is 5. The Morgan fingerprint density at radius 3 is 2.67 bits per heavy atom. The molecule has 3 aromatic rings. The molecule has 2 heterocycles. The lowest BCUT2D eigenvalue weighted by Gasteiger charge is -2.10. The fourth-order valence-electron chi connectivity index (χ4n) is 2.35. The molecule has 0 spiro atoms.